The van der Waals surface area contributed by atoms with Gasteiger partial charge in [-0.2, -0.15) is 0 Å². The minimum atomic E-state index is -1.01. The van der Waals surface area contributed by atoms with Crippen molar-refractivity contribution in [3.8, 4) is 68.2 Å². The van der Waals surface area contributed by atoms with Crippen LogP contribution in [0.3, 0.4) is 0 Å². The summed E-state index contributed by atoms with van der Waals surface area (Å²) >= 11 is 0. The van der Waals surface area contributed by atoms with Crippen molar-refractivity contribution in [2.45, 2.75) is 0 Å². The molecule has 0 atom stereocenters. The molecule has 0 amide bonds. The van der Waals surface area contributed by atoms with Crippen molar-refractivity contribution in [3.05, 3.63) is 154 Å². The Morgan fingerprint density at radius 3 is 1.42 bits per heavy atom. The number of rotatable bonds is 8. The van der Waals surface area contributed by atoms with Crippen LogP contribution in [0.4, 0.5) is 0 Å². The van der Waals surface area contributed by atoms with Crippen LogP contribution in [-0.2, 0) is 4.74 Å². The molecular weight excluding hydrogens is 764 g/mol. The van der Waals surface area contributed by atoms with Crippen LogP contribution in [0, 0.1) is 0 Å². The van der Waals surface area contributed by atoms with Crippen molar-refractivity contribution in [2.75, 3.05) is 7.11 Å². The summed E-state index contributed by atoms with van der Waals surface area (Å²) in [5, 5.41) is 16.9. The number of aromatic nitrogens is 8. The van der Waals surface area contributed by atoms with Crippen LogP contribution in [0.2, 0.25) is 0 Å². The summed E-state index contributed by atoms with van der Waals surface area (Å²) in [5.74, 6) is -0.158. The van der Waals surface area contributed by atoms with Crippen LogP contribution in [-0.4, -0.2) is 69.8 Å². The fraction of sp³-hybridized carbons (Fsp3) is 0.0256. The molecule has 17 nitrogen and oxygen atoms in total. The number of benzene rings is 2. The molecule has 278 valence electrons. The number of carboxylic acids is 1. The van der Waals surface area contributed by atoms with Crippen LogP contribution < -0.4 is 62.5 Å². The van der Waals surface area contributed by atoms with E-state index in [9.17, 15) is 19.2 Å². The zero-order valence-corrected chi connectivity index (χ0v) is 33.1. The first-order valence-corrected chi connectivity index (χ1v) is 16.3. The van der Waals surface area contributed by atoms with Gasteiger partial charge in [0.1, 0.15) is 33.9 Å². The Morgan fingerprint density at radius 2 is 1.05 bits per heavy atom. The number of carbonyl (C=O) groups excluding carboxylic acids is 1. The Hall–Kier alpha value is -6.54. The van der Waals surface area contributed by atoms with Crippen LogP contribution in [0.5, 0.6) is 0 Å². The van der Waals surface area contributed by atoms with Gasteiger partial charge in [-0.05, 0) is 48.5 Å². The topological polar surface area (TPSA) is 263 Å². The number of aromatic amines is 2. The molecule has 0 spiro atoms. The first kappa shape index (κ1) is 41.6. The maximum absolute atomic E-state index is 12.4. The molecule has 0 aliphatic heterocycles. The number of aromatic carboxylic acids is 1. The standard InChI is InChI=1S/C20H14N4O4.C19H12N4O4.K.H2O/c1-27-20(26)13-7-5-12(6-8-13)16-10-17(28-24-16)14-11-22-18(23-19(14)25)15-4-2-3-9-21-15;24-18-13(10-21-17(22-18)14-3-1-2-8-20-14)16-9-15(23-27-16)11-4-6-12(7-5-11)19(25)26;;/h2-11H,1H3,(H,22,23,25);1-10H,(H,25,26)(H,21,22,24);;1H2/q;;+1;/p-1. The Morgan fingerprint density at radius 1 is 0.614 bits per heavy atom. The van der Waals surface area contributed by atoms with Crippen LogP contribution in [0.1, 0.15) is 20.7 Å². The number of nitrogens with one attached hydrogen (secondary N) is 2. The molecule has 0 aliphatic carbocycles. The van der Waals surface area contributed by atoms with E-state index in [1.165, 1.54) is 31.6 Å². The number of methoxy groups -OCH3 is 1. The molecule has 6 heterocycles. The van der Waals surface area contributed by atoms with Gasteiger partial charge in [0.15, 0.2) is 23.2 Å². The summed E-state index contributed by atoms with van der Waals surface area (Å²) in [5.41, 5.74) is 3.88. The van der Waals surface area contributed by atoms with Crippen molar-refractivity contribution in [2.24, 2.45) is 0 Å². The van der Waals surface area contributed by atoms with Crippen molar-refractivity contribution in [3.63, 3.8) is 0 Å². The molecule has 0 saturated heterocycles. The molecule has 8 rings (SSSR count). The van der Waals surface area contributed by atoms with Crippen molar-refractivity contribution in [1.29, 1.82) is 0 Å². The third kappa shape index (κ3) is 9.65. The molecular formula is C39H27KN8O9. The summed E-state index contributed by atoms with van der Waals surface area (Å²) in [4.78, 5) is 69.4. The Kier molecular flexibility index (Phi) is 13.8. The molecule has 8 aromatic rings. The number of carboxylic acid groups (broad SMARTS) is 1. The maximum atomic E-state index is 12.4. The average Bonchev–Trinajstić information content (AvgIpc) is 3.93. The largest absolute Gasteiger partial charge is 1.00 e. The van der Waals surface area contributed by atoms with E-state index < -0.39 is 11.9 Å². The molecule has 0 saturated carbocycles. The fourth-order valence-electron chi connectivity index (χ4n) is 5.16. The monoisotopic (exact) mass is 790 g/mol. The van der Waals surface area contributed by atoms with Gasteiger partial charge in [-0.1, -0.05) is 46.7 Å². The van der Waals surface area contributed by atoms with Gasteiger partial charge in [-0.3, -0.25) is 19.6 Å². The first-order valence-electron chi connectivity index (χ1n) is 16.3. The van der Waals surface area contributed by atoms with E-state index in [0.717, 1.165) is 5.56 Å². The predicted octanol–water partition coefficient (Wildman–Crippen LogP) is 2.62. The molecule has 57 heavy (non-hydrogen) atoms. The fourth-order valence-corrected chi connectivity index (χ4v) is 5.16. The van der Waals surface area contributed by atoms with E-state index in [1.54, 1.807) is 91.3 Å². The molecule has 2 aromatic carbocycles. The van der Waals surface area contributed by atoms with Gasteiger partial charge in [-0.15, -0.1) is 0 Å². The number of H-pyrrole nitrogens is 2. The van der Waals surface area contributed by atoms with Crippen molar-refractivity contribution in [1.82, 2.24) is 40.2 Å². The van der Waals surface area contributed by atoms with Gasteiger partial charge in [0.2, 0.25) is 0 Å². The van der Waals surface area contributed by atoms with Crippen LogP contribution >= 0.6 is 0 Å². The molecule has 0 bridgehead atoms. The Labute approximate surface area is 363 Å². The number of hydrogen-bond acceptors (Lipinski definition) is 14. The summed E-state index contributed by atoms with van der Waals surface area (Å²) < 4.78 is 15.3. The Bertz CT molecular complexity index is 2730. The van der Waals surface area contributed by atoms with Gasteiger partial charge in [0.25, 0.3) is 11.1 Å². The molecule has 18 heteroatoms. The molecule has 6 aromatic heterocycles. The minimum absolute atomic E-state index is 0. The van der Waals surface area contributed by atoms with E-state index in [4.69, 9.17) is 14.2 Å². The zero-order chi connectivity index (χ0) is 38.3. The molecule has 0 aliphatic rings. The predicted molar refractivity (Wildman–Crippen MR) is 198 cm³/mol. The molecule has 0 unspecified atom stereocenters. The second kappa shape index (κ2) is 18.9. The van der Waals surface area contributed by atoms with Crippen molar-refractivity contribution < 1.29 is 85.3 Å². The first-order chi connectivity index (χ1) is 26.8. The second-order valence-corrected chi connectivity index (χ2v) is 11.5. The molecule has 4 N–H and O–H groups in total. The summed E-state index contributed by atoms with van der Waals surface area (Å²) in [7, 11) is 1.32. The zero-order valence-electron chi connectivity index (χ0n) is 30.0. The van der Waals surface area contributed by atoms with Gasteiger partial charge in [0, 0.05) is 48.0 Å². The van der Waals surface area contributed by atoms with Gasteiger partial charge < -0.3 is 34.3 Å². The number of hydrogen-bond donors (Lipinski definition) is 3. The van der Waals surface area contributed by atoms with Crippen LogP contribution in [0.15, 0.2) is 140 Å². The SMILES string of the molecule is COC(=O)c1ccc(-c2cc(-c3cnc(-c4ccccn4)[nH]c3=O)on2)cc1.O=C(O)c1ccc(-c2cc(-c3cnc(-c4ccccn4)[nH]c3=O)on2)cc1.[K+].[OH-]. The van der Waals surface area contributed by atoms with E-state index in [-0.39, 0.29) is 96.2 Å². The summed E-state index contributed by atoms with van der Waals surface area (Å²) in [6, 6.07) is 26.8. The normalized spacial score (nSPS) is 10.3. The third-order valence-corrected chi connectivity index (χ3v) is 7.99. The van der Waals surface area contributed by atoms with Gasteiger partial charge in [0.05, 0.1) is 18.2 Å². The quantitative estimate of drug-likeness (QED) is 0.148. The van der Waals surface area contributed by atoms with Gasteiger partial charge in [-0.25, -0.2) is 19.6 Å². The smallest absolute Gasteiger partial charge is 0.870 e. The number of ether oxygens (including phenoxy) is 1. The van der Waals surface area contributed by atoms with E-state index >= 15 is 0 Å². The number of esters is 1. The third-order valence-electron chi connectivity index (χ3n) is 7.99. The summed E-state index contributed by atoms with van der Waals surface area (Å²) in [6.07, 6.45) is 6.06. The van der Waals surface area contributed by atoms with Crippen LogP contribution in [0.25, 0.3) is 68.2 Å². The average molecular weight is 791 g/mol. The number of carbonyl (C=O) groups is 2. The summed E-state index contributed by atoms with van der Waals surface area (Å²) in [6.45, 7) is 0. The molecule has 0 fully saturated rings. The second-order valence-electron chi connectivity index (χ2n) is 11.5. The van der Waals surface area contributed by atoms with E-state index in [2.05, 4.69) is 45.0 Å². The van der Waals surface area contributed by atoms with Crippen molar-refractivity contribution >= 4 is 11.9 Å². The molecule has 0 radical (unpaired) electrons. The maximum Gasteiger partial charge on any atom is 1.00 e. The van der Waals surface area contributed by atoms with Gasteiger partial charge >= 0.3 is 63.3 Å². The number of pyridine rings is 2. The van der Waals surface area contributed by atoms with E-state index in [1.807, 2.05) is 6.07 Å². The Balaban J connectivity index is 0.000000210. The number of nitrogens with zero attached hydrogens (tertiary/aromatic N) is 6. The van der Waals surface area contributed by atoms with E-state index in [0.29, 0.717) is 45.6 Å². The minimum Gasteiger partial charge on any atom is -0.870 e.